The normalized spacial score (nSPS) is 16.3. The number of ether oxygens (including phenoxy) is 2. The van der Waals surface area contributed by atoms with Gasteiger partial charge in [-0.05, 0) is 49.2 Å². The van der Waals surface area contributed by atoms with E-state index in [0.29, 0.717) is 37.6 Å². The Morgan fingerprint density at radius 1 is 1.00 bits per heavy atom. The maximum absolute atomic E-state index is 12.7. The molecule has 1 saturated heterocycles. The number of carbonyl (C=O) groups excluding carboxylic acids is 2. The van der Waals surface area contributed by atoms with Crippen molar-refractivity contribution in [2.45, 2.75) is 12.8 Å². The summed E-state index contributed by atoms with van der Waals surface area (Å²) >= 11 is 0. The van der Waals surface area contributed by atoms with E-state index >= 15 is 0 Å². The van der Waals surface area contributed by atoms with Crippen molar-refractivity contribution in [3.05, 3.63) is 60.2 Å². The zero-order chi connectivity index (χ0) is 19.8. The minimum atomic E-state index is -0.255. The number of nitrogens with two attached hydrogens (primary N) is 1. The molecule has 7 heteroatoms. The van der Waals surface area contributed by atoms with Gasteiger partial charge in [0.15, 0.2) is 0 Å². The number of carbonyl (C=O) groups is 2. The van der Waals surface area contributed by atoms with Crippen LogP contribution in [0.3, 0.4) is 0 Å². The highest BCUT2D eigenvalue weighted by molar-refractivity contribution is 5.94. The summed E-state index contributed by atoms with van der Waals surface area (Å²) in [6, 6.07) is 16.6. The molecule has 1 fully saturated rings. The van der Waals surface area contributed by atoms with Crippen molar-refractivity contribution in [3.8, 4) is 11.5 Å². The summed E-state index contributed by atoms with van der Waals surface area (Å²) in [5, 5.41) is 0. The molecule has 1 unspecified atom stereocenters. The van der Waals surface area contributed by atoms with Crippen LogP contribution in [0.1, 0.15) is 23.2 Å². The molecule has 3 rings (SSSR count). The van der Waals surface area contributed by atoms with Gasteiger partial charge in [-0.3, -0.25) is 15.0 Å². The van der Waals surface area contributed by atoms with E-state index in [1.54, 1.807) is 29.2 Å². The number of hydrazine groups is 1. The standard InChI is InChI=1S/C21H25N3O4/c22-23-20(25)17-5-4-12-24(15-17)21(26)16-8-10-19(11-9-16)28-14-13-27-18-6-2-1-3-7-18/h1-3,6-11,17H,4-5,12-15,22H2,(H,23,25). The molecular weight excluding hydrogens is 358 g/mol. The molecule has 1 atom stereocenters. The van der Waals surface area contributed by atoms with Gasteiger partial charge in [0, 0.05) is 18.7 Å². The molecule has 3 N–H and O–H groups in total. The maximum Gasteiger partial charge on any atom is 0.253 e. The van der Waals surface area contributed by atoms with Crippen molar-refractivity contribution >= 4 is 11.8 Å². The molecule has 0 radical (unpaired) electrons. The van der Waals surface area contributed by atoms with Crippen molar-refractivity contribution in [2.75, 3.05) is 26.3 Å². The van der Waals surface area contributed by atoms with Crippen LogP contribution in [0, 0.1) is 5.92 Å². The van der Waals surface area contributed by atoms with Crippen LogP contribution in [-0.4, -0.2) is 43.0 Å². The number of hydrogen-bond acceptors (Lipinski definition) is 5. The first-order valence-corrected chi connectivity index (χ1v) is 9.38. The lowest BCUT2D eigenvalue weighted by Crippen LogP contribution is -2.46. The molecule has 1 aliphatic rings. The topological polar surface area (TPSA) is 93.9 Å². The van der Waals surface area contributed by atoms with Crippen LogP contribution in [0.25, 0.3) is 0 Å². The Bertz CT molecular complexity index is 780. The zero-order valence-electron chi connectivity index (χ0n) is 15.7. The predicted octanol–water partition coefficient (Wildman–Crippen LogP) is 1.99. The van der Waals surface area contributed by atoms with E-state index in [9.17, 15) is 9.59 Å². The van der Waals surface area contributed by atoms with Crippen molar-refractivity contribution in [1.29, 1.82) is 0 Å². The molecular formula is C21H25N3O4. The van der Waals surface area contributed by atoms with Crippen LogP contribution in [0.5, 0.6) is 11.5 Å². The van der Waals surface area contributed by atoms with Gasteiger partial charge >= 0.3 is 0 Å². The fourth-order valence-electron chi connectivity index (χ4n) is 3.21. The van der Waals surface area contributed by atoms with Crippen LogP contribution in [0.15, 0.2) is 54.6 Å². The number of piperidine rings is 1. The third kappa shape index (κ3) is 5.23. The van der Waals surface area contributed by atoms with E-state index in [0.717, 1.165) is 18.6 Å². The number of para-hydroxylation sites is 1. The Balaban J connectivity index is 1.48. The van der Waals surface area contributed by atoms with Gasteiger partial charge in [-0.15, -0.1) is 0 Å². The lowest BCUT2D eigenvalue weighted by molar-refractivity contribution is -0.126. The molecule has 0 aromatic heterocycles. The largest absolute Gasteiger partial charge is 0.490 e. The van der Waals surface area contributed by atoms with Crippen LogP contribution in [0.2, 0.25) is 0 Å². The molecule has 1 heterocycles. The second kappa shape index (κ2) is 9.75. The summed E-state index contributed by atoms with van der Waals surface area (Å²) in [4.78, 5) is 26.1. The van der Waals surface area contributed by atoms with Gasteiger partial charge in [-0.2, -0.15) is 0 Å². The van der Waals surface area contributed by atoms with Gasteiger partial charge in [0.2, 0.25) is 5.91 Å². The Hall–Kier alpha value is -3.06. The number of likely N-dealkylation sites (tertiary alicyclic amines) is 1. The SMILES string of the molecule is NNC(=O)C1CCCN(C(=O)c2ccc(OCCOc3ccccc3)cc2)C1. The number of hydrogen-bond donors (Lipinski definition) is 2. The van der Waals surface area contributed by atoms with Gasteiger partial charge in [0.05, 0.1) is 5.92 Å². The summed E-state index contributed by atoms with van der Waals surface area (Å²) in [7, 11) is 0. The first-order valence-electron chi connectivity index (χ1n) is 9.38. The lowest BCUT2D eigenvalue weighted by Gasteiger charge is -2.31. The number of nitrogens with zero attached hydrogens (tertiary/aromatic N) is 1. The first-order chi connectivity index (χ1) is 13.7. The molecule has 28 heavy (non-hydrogen) atoms. The van der Waals surface area contributed by atoms with Crippen LogP contribution >= 0.6 is 0 Å². The second-order valence-corrected chi connectivity index (χ2v) is 6.63. The molecule has 2 aromatic rings. The Labute approximate surface area is 164 Å². The van der Waals surface area contributed by atoms with E-state index in [4.69, 9.17) is 15.3 Å². The maximum atomic E-state index is 12.7. The predicted molar refractivity (Wildman–Crippen MR) is 105 cm³/mol. The monoisotopic (exact) mass is 383 g/mol. The van der Waals surface area contributed by atoms with Crippen molar-refractivity contribution in [2.24, 2.45) is 11.8 Å². The Morgan fingerprint density at radius 2 is 1.64 bits per heavy atom. The summed E-state index contributed by atoms with van der Waals surface area (Å²) in [5.74, 6) is 6.12. The third-order valence-electron chi connectivity index (χ3n) is 4.69. The van der Waals surface area contributed by atoms with E-state index in [1.807, 2.05) is 30.3 Å². The van der Waals surface area contributed by atoms with E-state index in [2.05, 4.69) is 5.43 Å². The number of amides is 2. The molecule has 1 aliphatic heterocycles. The lowest BCUT2D eigenvalue weighted by atomic mass is 9.97. The number of nitrogens with one attached hydrogen (secondary N) is 1. The molecule has 0 aliphatic carbocycles. The Kier molecular flexibility index (Phi) is 6.86. The molecule has 2 amide bonds. The highest BCUT2D eigenvalue weighted by Gasteiger charge is 2.28. The molecule has 7 nitrogen and oxygen atoms in total. The summed E-state index contributed by atoms with van der Waals surface area (Å²) < 4.78 is 11.2. The summed E-state index contributed by atoms with van der Waals surface area (Å²) in [6.07, 6.45) is 1.52. The zero-order valence-corrected chi connectivity index (χ0v) is 15.7. The Morgan fingerprint density at radius 3 is 2.29 bits per heavy atom. The average Bonchev–Trinajstić information content (AvgIpc) is 2.77. The fraction of sp³-hybridized carbons (Fsp3) is 0.333. The highest BCUT2D eigenvalue weighted by Crippen LogP contribution is 2.20. The highest BCUT2D eigenvalue weighted by atomic mass is 16.5. The number of benzene rings is 2. The van der Waals surface area contributed by atoms with Crippen molar-refractivity contribution in [1.82, 2.24) is 10.3 Å². The summed E-state index contributed by atoms with van der Waals surface area (Å²) in [6.45, 7) is 1.87. The quantitative estimate of drug-likeness (QED) is 0.330. The van der Waals surface area contributed by atoms with Crippen LogP contribution < -0.4 is 20.7 Å². The van der Waals surface area contributed by atoms with Crippen molar-refractivity contribution < 1.29 is 19.1 Å². The third-order valence-corrected chi connectivity index (χ3v) is 4.69. The van der Waals surface area contributed by atoms with Crippen LogP contribution in [0.4, 0.5) is 0 Å². The van der Waals surface area contributed by atoms with E-state index in [-0.39, 0.29) is 17.7 Å². The first kappa shape index (κ1) is 19.7. The van der Waals surface area contributed by atoms with E-state index in [1.165, 1.54) is 0 Å². The van der Waals surface area contributed by atoms with Crippen LogP contribution in [-0.2, 0) is 4.79 Å². The molecule has 0 spiro atoms. The summed E-state index contributed by atoms with van der Waals surface area (Å²) in [5.41, 5.74) is 2.74. The van der Waals surface area contributed by atoms with Gasteiger partial charge in [-0.25, -0.2) is 5.84 Å². The molecule has 0 bridgehead atoms. The van der Waals surface area contributed by atoms with Gasteiger partial charge in [-0.1, -0.05) is 18.2 Å². The molecule has 2 aromatic carbocycles. The smallest absolute Gasteiger partial charge is 0.253 e. The van der Waals surface area contributed by atoms with Gasteiger partial charge < -0.3 is 14.4 Å². The minimum absolute atomic E-state index is 0.0894. The average molecular weight is 383 g/mol. The van der Waals surface area contributed by atoms with Gasteiger partial charge in [0.1, 0.15) is 24.7 Å². The van der Waals surface area contributed by atoms with Gasteiger partial charge in [0.25, 0.3) is 5.91 Å². The number of rotatable bonds is 7. The van der Waals surface area contributed by atoms with E-state index < -0.39 is 0 Å². The fourth-order valence-corrected chi connectivity index (χ4v) is 3.21. The van der Waals surface area contributed by atoms with Crippen molar-refractivity contribution in [3.63, 3.8) is 0 Å². The molecule has 0 saturated carbocycles. The minimum Gasteiger partial charge on any atom is -0.490 e. The second-order valence-electron chi connectivity index (χ2n) is 6.63. The molecule has 148 valence electrons.